The Kier molecular flexibility index (Phi) is 4.96. The third kappa shape index (κ3) is 3.40. The molecule has 2 aliphatic carbocycles. The minimum Gasteiger partial charge on any atom is -0.357 e. The maximum Gasteiger partial charge on any atom is 0.171 e. The summed E-state index contributed by atoms with van der Waals surface area (Å²) >= 11 is 5.68. The van der Waals surface area contributed by atoms with Crippen molar-refractivity contribution in [2.45, 2.75) is 77.7 Å². The fourth-order valence-corrected chi connectivity index (χ4v) is 4.83. The zero-order chi connectivity index (χ0) is 16.4. The van der Waals surface area contributed by atoms with Gasteiger partial charge in [0.1, 0.15) is 0 Å². The van der Waals surface area contributed by atoms with Gasteiger partial charge < -0.3 is 10.6 Å². The molecule has 0 spiro atoms. The molecule has 3 heteroatoms. The van der Waals surface area contributed by atoms with Crippen LogP contribution in [0.25, 0.3) is 0 Å². The van der Waals surface area contributed by atoms with Gasteiger partial charge in [-0.15, -0.1) is 0 Å². The molecule has 2 aliphatic rings. The first-order valence-corrected chi connectivity index (χ1v) is 9.73. The van der Waals surface area contributed by atoms with Gasteiger partial charge >= 0.3 is 0 Å². The lowest BCUT2D eigenvalue weighted by Gasteiger charge is -2.30. The smallest absolute Gasteiger partial charge is 0.171 e. The van der Waals surface area contributed by atoms with Crippen LogP contribution in [0.4, 0.5) is 5.69 Å². The van der Waals surface area contributed by atoms with Gasteiger partial charge in [-0.25, -0.2) is 0 Å². The van der Waals surface area contributed by atoms with E-state index >= 15 is 0 Å². The Balaban J connectivity index is 1.77. The van der Waals surface area contributed by atoms with Crippen molar-refractivity contribution < 1.29 is 0 Å². The largest absolute Gasteiger partial charge is 0.357 e. The van der Waals surface area contributed by atoms with Crippen molar-refractivity contribution in [3.63, 3.8) is 0 Å². The number of hydrogen-bond acceptors (Lipinski definition) is 1. The van der Waals surface area contributed by atoms with E-state index in [4.69, 9.17) is 12.2 Å². The van der Waals surface area contributed by atoms with Gasteiger partial charge in [-0.2, -0.15) is 0 Å². The molecule has 2 nitrogen and oxygen atoms in total. The first-order chi connectivity index (χ1) is 11.1. The van der Waals surface area contributed by atoms with Crippen molar-refractivity contribution >= 4 is 23.0 Å². The number of aryl methyl sites for hydroxylation is 3. The van der Waals surface area contributed by atoms with E-state index in [9.17, 15) is 0 Å². The lowest BCUT2D eigenvalue weighted by atomic mass is 9.94. The second kappa shape index (κ2) is 6.80. The number of fused-ring (bicyclic) bond motifs is 2. The fraction of sp³-hybridized carbons (Fsp3) is 0.650. The lowest BCUT2D eigenvalue weighted by molar-refractivity contribution is 0.381. The van der Waals surface area contributed by atoms with Crippen molar-refractivity contribution in [2.75, 3.05) is 5.32 Å². The SMILES string of the molecule is CCc1cc(CC)c(NC(=S)NC23CCC(CC2)C3)c(CC)c1. The minimum absolute atomic E-state index is 0.289. The van der Waals surface area contributed by atoms with Crippen LogP contribution in [0.2, 0.25) is 0 Å². The molecule has 2 fully saturated rings. The summed E-state index contributed by atoms with van der Waals surface area (Å²) in [5, 5.41) is 8.06. The highest BCUT2D eigenvalue weighted by Gasteiger charge is 2.45. The Labute approximate surface area is 146 Å². The molecule has 0 radical (unpaired) electrons. The second-order valence-electron chi connectivity index (χ2n) is 7.36. The van der Waals surface area contributed by atoms with Crippen LogP contribution >= 0.6 is 12.2 Å². The van der Waals surface area contributed by atoms with E-state index in [1.807, 2.05) is 0 Å². The van der Waals surface area contributed by atoms with Crippen molar-refractivity contribution in [3.8, 4) is 0 Å². The van der Waals surface area contributed by atoms with Crippen molar-refractivity contribution in [3.05, 3.63) is 28.8 Å². The van der Waals surface area contributed by atoms with Gasteiger partial charge in [0.2, 0.25) is 0 Å². The maximum absolute atomic E-state index is 5.68. The third-order valence-electron chi connectivity index (χ3n) is 5.89. The maximum atomic E-state index is 5.68. The highest BCUT2D eigenvalue weighted by molar-refractivity contribution is 7.80. The summed E-state index contributed by atoms with van der Waals surface area (Å²) in [4.78, 5) is 0. The normalized spacial score (nSPS) is 25.6. The standard InChI is InChI=1S/C20H30N2S/c1-4-14-11-16(5-2)18(17(6-3)12-14)21-19(23)22-20-9-7-15(13-20)8-10-20/h11-12,15H,4-10,13H2,1-3H3,(H2,21,22,23). The molecular formula is C20H30N2S. The van der Waals surface area contributed by atoms with Crippen LogP contribution in [0.5, 0.6) is 0 Å². The van der Waals surface area contributed by atoms with Gasteiger partial charge in [0.25, 0.3) is 0 Å². The summed E-state index contributed by atoms with van der Waals surface area (Å²) in [6, 6.07) is 4.67. The van der Waals surface area contributed by atoms with Gasteiger partial charge in [-0.3, -0.25) is 0 Å². The Bertz CT molecular complexity index is 560. The predicted octanol–water partition coefficient (Wildman–Crippen LogP) is 4.99. The van der Waals surface area contributed by atoms with Crippen LogP contribution in [0, 0.1) is 5.92 Å². The molecule has 0 saturated heterocycles. The highest BCUT2D eigenvalue weighted by atomic mass is 32.1. The Morgan fingerprint density at radius 1 is 1.09 bits per heavy atom. The van der Waals surface area contributed by atoms with E-state index < -0.39 is 0 Å². The van der Waals surface area contributed by atoms with Gasteiger partial charge in [0.05, 0.1) is 0 Å². The first-order valence-electron chi connectivity index (χ1n) is 9.33. The molecule has 0 heterocycles. The predicted molar refractivity (Wildman–Crippen MR) is 103 cm³/mol. The monoisotopic (exact) mass is 330 g/mol. The Morgan fingerprint density at radius 2 is 1.70 bits per heavy atom. The van der Waals surface area contributed by atoms with E-state index in [-0.39, 0.29) is 5.54 Å². The summed E-state index contributed by atoms with van der Waals surface area (Å²) in [5.41, 5.74) is 5.73. The molecule has 2 bridgehead atoms. The molecule has 2 saturated carbocycles. The number of nitrogens with one attached hydrogen (secondary N) is 2. The van der Waals surface area contributed by atoms with Gasteiger partial charge in [-0.1, -0.05) is 32.9 Å². The number of thiocarbonyl (C=S) groups is 1. The molecule has 0 atom stereocenters. The van der Waals surface area contributed by atoms with E-state index in [0.717, 1.165) is 30.3 Å². The zero-order valence-corrected chi connectivity index (χ0v) is 15.6. The number of anilines is 1. The molecular weight excluding hydrogens is 300 g/mol. The summed E-state index contributed by atoms with van der Waals surface area (Å²) in [5.74, 6) is 0.937. The van der Waals surface area contributed by atoms with Crippen LogP contribution in [0.15, 0.2) is 12.1 Å². The number of hydrogen-bond donors (Lipinski definition) is 2. The lowest BCUT2D eigenvalue weighted by Crippen LogP contribution is -2.47. The van der Waals surface area contributed by atoms with Crippen molar-refractivity contribution in [1.82, 2.24) is 5.32 Å². The molecule has 2 N–H and O–H groups in total. The molecule has 1 aromatic rings. The quantitative estimate of drug-likeness (QED) is 0.744. The third-order valence-corrected chi connectivity index (χ3v) is 6.09. The highest BCUT2D eigenvalue weighted by Crippen LogP contribution is 2.47. The molecule has 1 aromatic carbocycles. The summed E-state index contributed by atoms with van der Waals surface area (Å²) < 4.78 is 0. The number of benzene rings is 1. The van der Waals surface area contributed by atoms with Crippen LogP contribution in [-0.4, -0.2) is 10.7 Å². The Morgan fingerprint density at radius 3 is 2.13 bits per heavy atom. The van der Waals surface area contributed by atoms with Gasteiger partial charge in [0, 0.05) is 11.2 Å². The van der Waals surface area contributed by atoms with Crippen LogP contribution in [-0.2, 0) is 19.3 Å². The zero-order valence-electron chi connectivity index (χ0n) is 14.8. The average molecular weight is 331 g/mol. The molecule has 0 aromatic heterocycles. The van der Waals surface area contributed by atoms with Crippen LogP contribution in [0.3, 0.4) is 0 Å². The molecule has 3 rings (SSSR count). The van der Waals surface area contributed by atoms with Gasteiger partial charge in [0.15, 0.2) is 5.11 Å². The topological polar surface area (TPSA) is 24.1 Å². The second-order valence-corrected chi connectivity index (χ2v) is 7.76. The molecule has 0 aliphatic heterocycles. The van der Waals surface area contributed by atoms with E-state index in [2.05, 4.69) is 43.5 Å². The summed E-state index contributed by atoms with van der Waals surface area (Å²) in [6.45, 7) is 6.68. The molecule has 0 amide bonds. The van der Waals surface area contributed by atoms with Crippen LogP contribution in [0.1, 0.15) is 69.6 Å². The summed E-state index contributed by atoms with van der Waals surface area (Å²) in [7, 11) is 0. The van der Waals surface area contributed by atoms with E-state index in [1.165, 1.54) is 54.5 Å². The first kappa shape index (κ1) is 16.8. The van der Waals surface area contributed by atoms with Gasteiger partial charge in [-0.05, 0) is 86.2 Å². The van der Waals surface area contributed by atoms with E-state index in [0.29, 0.717) is 0 Å². The van der Waals surface area contributed by atoms with Crippen molar-refractivity contribution in [2.24, 2.45) is 5.92 Å². The van der Waals surface area contributed by atoms with E-state index in [1.54, 1.807) is 0 Å². The van der Waals surface area contributed by atoms with Crippen molar-refractivity contribution in [1.29, 1.82) is 0 Å². The molecule has 23 heavy (non-hydrogen) atoms. The Hall–Kier alpha value is -1.09. The minimum atomic E-state index is 0.289. The molecule has 126 valence electrons. The fourth-order valence-electron chi connectivity index (χ4n) is 4.51. The van der Waals surface area contributed by atoms with Crippen LogP contribution < -0.4 is 10.6 Å². The molecule has 0 unspecified atom stereocenters. The summed E-state index contributed by atoms with van der Waals surface area (Å²) in [6.07, 6.45) is 9.81. The number of rotatable bonds is 5. The average Bonchev–Trinajstić information content (AvgIpc) is 3.14.